The number of nitrogens with two attached hydrogens (primary N) is 1. The molecule has 1 saturated heterocycles. The molecule has 3 unspecified atom stereocenters. The number of rotatable bonds is 2. The molecule has 2 aliphatic carbocycles. The summed E-state index contributed by atoms with van der Waals surface area (Å²) in [5.41, 5.74) is 6.30. The molecular weight excluding hydrogens is 276 g/mol. The van der Waals surface area contributed by atoms with E-state index in [0.29, 0.717) is 36.4 Å². The van der Waals surface area contributed by atoms with E-state index in [1.807, 2.05) is 11.9 Å². The minimum absolute atomic E-state index is 0. The highest BCUT2D eigenvalue weighted by molar-refractivity contribution is 5.85. The van der Waals surface area contributed by atoms with Gasteiger partial charge in [0.05, 0.1) is 12.6 Å². The van der Waals surface area contributed by atoms with Crippen molar-refractivity contribution >= 4 is 18.3 Å². The lowest BCUT2D eigenvalue weighted by atomic mass is 9.65. The van der Waals surface area contributed by atoms with Crippen LogP contribution in [-0.2, 0) is 9.53 Å². The van der Waals surface area contributed by atoms with Crippen LogP contribution in [0.4, 0.5) is 0 Å². The summed E-state index contributed by atoms with van der Waals surface area (Å²) >= 11 is 0. The van der Waals surface area contributed by atoms with E-state index in [2.05, 4.69) is 0 Å². The van der Waals surface area contributed by atoms with Crippen LogP contribution >= 0.6 is 12.4 Å². The average Bonchev–Trinajstić information content (AvgIpc) is 2.90. The predicted octanol–water partition coefficient (Wildman–Crippen LogP) is 1.81. The zero-order valence-corrected chi connectivity index (χ0v) is 13.1. The highest BCUT2D eigenvalue weighted by Gasteiger charge is 2.42. The highest BCUT2D eigenvalue weighted by Crippen LogP contribution is 2.42. The molecule has 3 atom stereocenters. The van der Waals surface area contributed by atoms with Crippen molar-refractivity contribution in [3.05, 3.63) is 0 Å². The molecule has 2 N–H and O–H groups in total. The number of hydrogen-bond acceptors (Lipinski definition) is 3. The molecule has 0 radical (unpaired) electrons. The molecule has 3 rings (SSSR count). The molecule has 0 aromatic heterocycles. The SMILES string of the molecule is CN(C(=O)C1CC2CCCC(C1)C2N)C1CCOC1.Cl. The first-order valence-electron chi connectivity index (χ1n) is 7.77. The molecule has 3 aliphatic rings. The van der Waals surface area contributed by atoms with Gasteiger partial charge in [-0.05, 0) is 43.9 Å². The van der Waals surface area contributed by atoms with Crippen LogP contribution in [0.3, 0.4) is 0 Å². The van der Waals surface area contributed by atoms with Gasteiger partial charge in [0.15, 0.2) is 0 Å². The van der Waals surface area contributed by atoms with Gasteiger partial charge in [0.1, 0.15) is 0 Å². The summed E-state index contributed by atoms with van der Waals surface area (Å²) in [5.74, 6) is 1.70. The van der Waals surface area contributed by atoms with Gasteiger partial charge in [0.25, 0.3) is 0 Å². The second-order valence-electron chi connectivity index (χ2n) is 6.66. The maximum atomic E-state index is 12.7. The topological polar surface area (TPSA) is 55.6 Å². The van der Waals surface area contributed by atoms with Crippen molar-refractivity contribution in [3.8, 4) is 0 Å². The first-order valence-corrected chi connectivity index (χ1v) is 7.77. The van der Waals surface area contributed by atoms with E-state index in [0.717, 1.165) is 25.9 Å². The third kappa shape index (κ3) is 2.97. The van der Waals surface area contributed by atoms with Crippen molar-refractivity contribution in [2.24, 2.45) is 23.5 Å². The molecule has 1 aliphatic heterocycles. The molecule has 2 bridgehead atoms. The predicted molar refractivity (Wildman–Crippen MR) is 80.8 cm³/mol. The second-order valence-corrected chi connectivity index (χ2v) is 6.66. The number of nitrogens with zero attached hydrogens (tertiary/aromatic N) is 1. The van der Waals surface area contributed by atoms with Crippen LogP contribution in [0, 0.1) is 17.8 Å². The monoisotopic (exact) mass is 302 g/mol. The summed E-state index contributed by atoms with van der Waals surface area (Å²) in [6, 6.07) is 0.640. The number of carbonyl (C=O) groups excluding carboxylic acids is 1. The zero-order chi connectivity index (χ0) is 13.4. The lowest BCUT2D eigenvalue weighted by Gasteiger charge is -2.44. The minimum Gasteiger partial charge on any atom is -0.379 e. The normalized spacial score (nSPS) is 40.0. The molecule has 0 aromatic carbocycles. The van der Waals surface area contributed by atoms with Gasteiger partial charge >= 0.3 is 0 Å². The van der Waals surface area contributed by atoms with Gasteiger partial charge in [-0.25, -0.2) is 0 Å². The van der Waals surface area contributed by atoms with E-state index in [4.69, 9.17) is 10.5 Å². The summed E-state index contributed by atoms with van der Waals surface area (Å²) in [4.78, 5) is 14.6. The number of hydrogen-bond donors (Lipinski definition) is 1. The Morgan fingerprint density at radius 1 is 1.20 bits per heavy atom. The molecule has 1 amide bonds. The standard InChI is InChI=1S/C15H26N2O2.ClH/c1-17(13-5-6-19-9-13)15(18)12-7-10-3-2-4-11(8-12)14(10)16;/h10-14H,2-9,16H2,1H3;1H. The van der Waals surface area contributed by atoms with Crippen LogP contribution < -0.4 is 5.73 Å². The number of carbonyl (C=O) groups is 1. The zero-order valence-electron chi connectivity index (χ0n) is 12.3. The number of likely N-dealkylation sites (N-methyl/N-ethyl adjacent to an activating group) is 1. The number of ether oxygens (including phenoxy) is 1. The fourth-order valence-electron chi connectivity index (χ4n) is 4.29. The lowest BCUT2D eigenvalue weighted by molar-refractivity contribution is -0.139. The molecule has 3 fully saturated rings. The molecule has 20 heavy (non-hydrogen) atoms. The van der Waals surface area contributed by atoms with Crippen molar-refractivity contribution in [2.45, 2.75) is 50.6 Å². The minimum atomic E-state index is 0. The molecule has 2 saturated carbocycles. The Kier molecular flexibility index (Phi) is 5.32. The highest BCUT2D eigenvalue weighted by atomic mass is 35.5. The third-order valence-corrected chi connectivity index (χ3v) is 5.56. The first-order chi connectivity index (χ1) is 9.16. The molecular formula is C15H27ClN2O2. The van der Waals surface area contributed by atoms with Crippen LogP contribution in [0.5, 0.6) is 0 Å². The van der Waals surface area contributed by atoms with Crippen LogP contribution in [0.15, 0.2) is 0 Å². The smallest absolute Gasteiger partial charge is 0.225 e. The number of halogens is 1. The molecule has 0 aromatic rings. The van der Waals surface area contributed by atoms with E-state index in [-0.39, 0.29) is 18.3 Å². The van der Waals surface area contributed by atoms with Crippen LogP contribution in [0.2, 0.25) is 0 Å². The Balaban J connectivity index is 0.00000147. The van der Waals surface area contributed by atoms with Crippen molar-refractivity contribution < 1.29 is 9.53 Å². The quantitative estimate of drug-likeness (QED) is 0.846. The summed E-state index contributed by atoms with van der Waals surface area (Å²) in [5, 5.41) is 0. The van der Waals surface area contributed by atoms with Crippen LogP contribution in [0.1, 0.15) is 38.5 Å². The van der Waals surface area contributed by atoms with Crippen LogP contribution in [0.25, 0.3) is 0 Å². The van der Waals surface area contributed by atoms with E-state index >= 15 is 0 Å². The van der Waals surface area contributed by atoms with Gasteiger partial charge in [-0.3, -0.25) is 4.79 Å². The van der Waals surface area contributed by atoms with Gasteiger partial charge in [0.2, 0.25) is 5.91 Å². The van der Waals surface area contributed by atoms with Gasteiger partial charge in [-0.2, -0.15) is 0 Å². The van der Waals surface area contributed by atoms with Gasteiger partial charge < -0.3 is 15.4 Å². The molecule has 1 heterocycles. The van der Waals surface area contributed by atoms with Crippen molar-refractivity contribution in [1.29, 1.82) is 0 Å². The lowest BCUT2D eigenvalue weighted by Crippen LogP contribution is -2.50. The molecule has 0 spiro atoms. The second kappa shape index (κ2) is 6.63. The Bertz CT molecular complexity index is 333. The fourth-order valence-corrected chi connectivity index (χ4v) is 4.29. The average molecular weight is 303 g/mol. The van der Waals surface area contributed by atoms with E-state index in [1.54, 1.807) is 0 Å². The van der Waals surface area contributed by atoms with Crippen LogP contribution in [-0.4, -0.2) is 43.2 Å². The Morgan fingerprint density at radius 2 is 1.85 bits per heavy atom. The van der Waals surface area contributed by atoms with Gasteiger partial charge in [0, 0.05) is 25.6 Å². The maximum absolute atomic E-state index is 12.7. The van der Waals surface area contributed by atoms with Crippen molar-refractivity contribution in [2.75, 3.05) is 20.3 Å². The summed E-state index contributed by atoms with van der Waals surface area (Å²) in [7, 11) is 1.95. The van der Waals surface area contributed by atoms with Gasteiger partial charge in [-0.15, -0.1) is 12.4 Å². The summed E-state index contributed by atoms with van der Waals surface area (Å²) in [6.45, 7) is 1.50. The molecule has 4 nitrogen and oxygen atoms in total. The third-order valence-electron chi connectivity index (χ3n) is 5.56. The molecule has 5 heteroatoms. The van der Waals surface area contributed by atoms with Gasteiger partial charge in [-0.1, -0.05) is 6.42 Å². The van der Waals surface area contributed by atoms with Crippen molar-refractivity contribution in [3.63, 3.8) is 0 Å². The largest absolute Gasteiger partial charge is 0.379 e. The summed E-state index contributed by atoms with van der Waals surface area (Å²) < 4.78 is 5.39. The van der Waals surface area contributed by atoms with E-state index < -0.39 is 0 Å². The van der Waals surface area contributed by atoms with Crippen molar-refractivity contribution in [1.82, 2.24) is 4.90 Å². The Hall–Kier alpha value is -0.320. The number of amides is 1. The van der Waals surface area contributed by atoms with E-state index in [1.165, 1.54) is 19.3 Å². The Labute approximate surface area is 127 Å². The van der Waals surface area contributed by atoms with E-state index in [9.17, 15) is 4.79 Å². The summed E-state index contributed by atoms with van der Waals surface area (Å²) in [6.07, 6.45) is 6.75. The fraction of sp³-hybridized carbons (Fsp3) is 0.933. The first kappa shape index (κ1) is 16.1. The maximum Gasteiger partial charge on any atom is 0.225 e. The Morgan fingerprint density at radius 3 is 2.40 bits per heavy atom. The number of fused-ring (bicyclic) bond motifs is 2. The molecule has 116 valence electrons.